The lowest BCUT2D eigenvalue weighted by atomic mass is 9.96. The van der Waals surface area contributed by atoms with E-state index in [9.17, 15) is 9.59 Å². The molecule has 0 bridgehead atoms. The molecule has 8 heteroatoms. The largest absolute Gasteiger partial charge is 0.463 e. The molecular weight excluding hydrogens is 466 g/mol. The topological polar surface area (TPSA) is 63.9 Å². The second-order valence-electron chi connectivity index (χ2n) is 8.06. The number of carbonyl (C=O) groups is 1. The van der Waals surface area contributed by atoms with E-state index in [1.54, 1.807) is 30.2 Å². The molecule has 1 atom stereocenters. The zero-order valence-electron chi connectivity index (χ0n) is 19.9. The van der Waals surface area contributed by atoms with Crippen LogP contribution in [0.3, 0.4) is 0 Å². The van der Waals surface area contributed by atoms with Gasteiger partial charge in [-0.1, -0.05) is 35.6 Å². The second kappa shape index (κ2) is 10.0. The van der Waals surface area contributed by atoms with Crippen molar-refractivity contribution in [1.29, 1.82) is 0 Å². The number of allylic oxidation sites excluding steroid dienone is 1. The first-order valence-electron chi connectivity index (χ1n) is 10.9. The van der Waals surface area contributed by atoms with Gasteiger partial charge in [0.05, 0.1) is 28.5 Å². The number of benzene rings is 2. The van der Waals surface area contributed by atoms with Gasteiger partial charge >= 0.3 is 5.97 Å². The fraction of sp³-hybridized carbons (Fsp3) is 0.269. The molecule has 0 fully saturated rings. The van der Waals surface area contributed by atoms with Crippen LogP contribution in [0.1, 0.15) is 31.0 Å². The number of rotatable bonds is 6. The van der Waals surface area contributed by atoms with Gasteiger partial charge in [-0.2, -0.15) is 0 Å². The molecule has 3 aromatic rings. The maximum Gasteiger partial charge on any atom is 0.338 e. The number of nitrogens with zero attached hydrogens (tertiary/aromatic N) is 3. The lowest BCUT2D eigenvalue weighted by molar-refractivity contribution is -0.139. The Morgan fingerprint density at radius 2 is 1.85 bits per heavy atom. The molecule has 4 rings (SSSR count). The summed E-state index contributed by atoms with van der Waals surface area (Å²) in [4.78, 5) is 34.9. The summed E-state index contributed by atoms with van der Waals surface area (Å²) in [6, 6.07) is 15.3. The molecule has 1 aliphatic rings. The van der Waals surface area contributed by atoms with E-state index in [4.69, 9.17) is 4.74 Å². The van der Waals surface area contributed by atoms with Crippen LogP contribution in [-0.2, 0) is 9.53 Å². The first kappa shape index (κ1) is 24.0. The Morgan fingerprint density at radius 3 is 2.44 bits per heavy atom. The van der Waals surface area contributed by atoms with E-state index < -0.39 is 12.0 Å². The van der Waals surface area contributed by atoms with Gasteiger partial charge in [0, 0.05) is 24.7 Å². The molecule has 0 spiro atoms. The quantitative estimate of drug-likeness (QED) is 0.388. The van der Waals surface area contributed by atoms with E-state index in [0.29, 0.717) is 20.6 Å². The van der Waals surface area contributed by atoms with Crippen molar-refractivity contribution in [3.8, 4) is 0 Å². The van der Waals surface area contributed by atoms with E-state index >= 15 is 0 Å². The molecule has 0 radical (unpaired) electrons. The van der Waals surface area contributed by atoms with Crippen LogP contribution in [0.5, 0.6) is 0 Å². The Bertz CT molecular complexity index is 1420. The fourth-order valence-electron chi connectivity index (χ4n) is 3.91. The van der Waals surface area contributed by atoms with Gasteiger partial charge in [-0.05, 0) is 61.6 Å². The SMILES string of the molecule is CCOC(=O)C1=C(C)N=c2s/c(=C\c3ccc(N(C)C)cc3)c(=O)n2[C@H]1c1ccc(SC)cc1. The molecule has 0 N–H and O–H groups in total. The Balaban J connectivity index is 1.89. The Labute approximate surface area is 206 Å². The number of hydrogen-bond acceptors (Lipinski definition) is 7. The normalized spacial score (nSPS) is 15.7. The lowest BCUT2D eigenvalue weighted by Crippen LogP contribution is -2.39. The molecule has 0 amide bonds. The van der Waals surface area contributed by atoms with Crippen LogP contribution in [0.25, 0.3) is 6.08 Å². The Hall–Kier alpha value is -3.10. The number of ether oxygens (including phenoxy) is 1. The van der Waals surface area contributed by atoms with Crippen LogP contribution in [0.2, 0.25) is 0 Å². The first-order chi connectivity index (χ1) is 16.3. The summed E-state index contributed by atoms with van der Waals surface area (Å²) in [6.45, 7) is 3.82. The summed E-state index contributed by atoms with van der Waals surface area (Å²) in [6.07, 6.45) is 3.89. The molecule has 176 valence electrons. The second-order valence-corrected chi connectivity index (χ2v) is 9.95. The highest BCUT2D eigenvalue weighted by Gasteiger charge is 2.33. The van der Waals surface area contributed by atoms with Crippen LogP contribution in [-0.4, -0.2) is 37.5 Å². The van der Waals surface area contributed by atoms with Gasteiger partial charge in [-0.25, -0.2) is 9.79 Å². The lowest BCUT2D eigenvalue weighted by Gasteiger charge is -2.24. The van der Waals surface area contributed by atoms with Gasteiger partial charge in [0.15, 0.2) is 4.80 Å². The van der Waals surface area contributed by atoms with Crippen molar-refractivity contribution >= 4 is 40.8 Å². The molecule has 2 aromatic carbocycles. The third-order valence-corrected chi connectivity index (χ3v) is 7.38. The summed E-state index contributed by atoms with van der Waals surface area (Å²) < 4.78 is 7.54. The first-order valence-corrected chi connectivity index (χ1v) is 13.0. The predicted molar refractivity (Wildman–Crippen MR) is 139 cm³/mol. The number of fused-ring (bicyclic) bond motifs is 1. The maximum atomic E-state index is 13.6. The number of thiazole rings is 1. The smallest absolute Gasteiger partial charge is 0.338 e. The van der Waals surface area contributed by atoms with Crippen molar-refractivity contribution in [2.24, 2.45) is 4.99 Å². The van der Waals surface area contributed by atoms with Gasteiger partial charge in [0.1, 0.15) is 0 Å². The number of hydrogen-bond donors (Lipinski definition) is 0. The van der Waals surface area contributed by atoms with Crippen molar-refractivity contribution in [2.75, 3.05) is 31.9 Å². The Kier molecular flexibility index (Phi) is 7.09. The number of carbonyl (C=O) groups excluding carboxylic acids is 1. The van der Waals surface area contributed by atoms with Crippen LogP contribution in [0, 0.1) is 0 Å². The summed E-state index contributed by atoms with van der Waals surface area (Å²) in [7, 11) is 3.98. The van der Waals surface area contributed by atoms with Crippen molar-refractivity contribution in [3.63, 3.8) is 0 Å². The highest BCUT2D eigenvalue weighted by atomic mass is 32.2. The van der Waals surface area contributed by atoms with Crippen LogP contribution >= 0.6 is 23.1 Å². The van der Waals surface area contributed by atoms with Crippen LogP contribution in [0.4, 0.5) is 5.69 Å². The highest BCUT2D eigenvalue weighted by Crippen LogP contribution is 2.31. The zero-order chi connectivity index (χ0) is 24.4. The number of aromatic nitrogens is 1. The van der Waals surface area contributed by atoms with E-state index in [-0.39, 0.29) is 12.2 Å². The third-order valence-electron chi connectivity index (χ3n) is 5.66. The van der Waals surface area contributed by atoms with Crippen molar-refractivity contribution in [1.82, 2.24) is 4.57 Å². The molecular formula is C26H27N3O3S2. The van der Waals surface area contributed by atoms with Crippen molar-refractivity contribution < 1.29 is 9.53 Å². The van der Waals surface area contributed by atoms with Crippen molar-refractivity contribution in [2.45, 2.75) is 24.8 Å². The van der Waals surface area contributed by atoms with Crippen LogP contribution in [0.15, 0.2) is 74.5 Å². The summed E-state index contributed by atoms with van der Waals surface area (Å²) in [5.74, 6) is -0.448. The monoisotopic (exact) mass is 493 g/mol. The molecule has 1 aromatic heterocycles. The molecule has 6 nitrogen and oxygen atoms in total. The van der Waals surface area contributed by atoms with E-state index in [2.05, 4.69) is 4.99 Å². The van der Waals surface area contributed by atoms with Crippen LogP contribution < -0.4 is 19.8 Å². The highest BCUT2D eigenvalue weighted by molar-refractivity contribution is 7.98. The summed E-state index contributed by atoms with van der Waals surface area (Å²) in [5.41, 5.74) is 3.65. The third kappa shape index (κ3) is 4.60. The molecule has 0 aliphatic carbocycles. The minimum atomic E-state index is -0.593. The minimum Gasteiger partial charge on any atom is -0.463 e. The molecule has 0 saturated heterocycles. The molecule has 0 saturated carbocycles. The average molecular weight is 494 g/mol. The molecule has 0 unspecified atom stereocenters. The van der Waals surface area contributed by atoms with E-state index in [1.165, 1.54) is 11.3 Å². The fourth-order valence-corrected chi connectivity index (χ4v) is 5.37. The van der Waals surface area contributed by atoms with Gasteiger partial charge < -0.3 is 9.64 Å². The number of esters is 1. The average Bonchev–Trinajstić information content (AvgIpc) is 3.13. The zero-order valence-corrected chi connectivity index (χ0v) is 21.5. The van der Waals surface area contributed by atoms with Gasteiger partial charge in [0.2, 0.25) is 0 Å². The number of anilines is 1. The maximum absolute atomic E-state index is 13.6. The standard InChI is InChI=1S/C26H27N3O3S2/c1-6-32-25(31)22-16(2)27-26-29(23(22)18-9-13-20(33-5)14-10-18)24(30)21(34-26)15-17-7-11-19(12-8-17)28(3)4/h7-15,23H,6H2,1-5H3/b21-15-/t23-/m0/s1. The van der Waals surface area contributed by atoms with Crippen molar-refractivity contribution in [3.05, 3.63) is 90.6 Å². The minimum absolute atomic E-state index is 0.173. The van der Waals surface area contributed by atoms with Gasteiger partial charge in [0.25, 0.3) is 5.56 Å². The van der Waals surface area contributed by atoms with Gasteiger partial charge in [-0.3, -0.25) is 9.36 Å². The summed E-state index contributed by atoms with van der Waals surface area (Å²) in [5, 5.41) is 0. The van der Waals surface area contributed by atoms with E-state index in [0.717, 1.165) is 21.7 Å². The van der Waals surface area contributed by atoms with Gasteiger partial charge in [-0.15, -0.1) is 11.8 Å². The Morgan fingerprint density at radius 1 is 1.18 bits per heavy atom. The predicted octanol–water partition coefficient (Wildman–Crippen LogP) is 3.59. The molecule has 34 heavy (non-hydrogen) atoms. The molecule has 1 aliphatic heterocycles. The molecule has 2 heterocycles. The number of thioether (sulfide) groups is 1. The summed E-state index contributed by atoms with van der Waals surface area (Å²) >= 11 is 2.97. The van der Waals surface area contributed by atoms with E-state index in [1.807, 2.05) is 79.9 Å².